The van der Waals surface area contributed by atoms with Gasteiger partial charge in [0.15, 0.2) is 0 Å². The second-order valence-electron chi connectivity index (χ2n) is 3.49. The zero-order valence-corrected chi connectivity index (χ0v) is 7.89. The van der Waals surface area contributed by atoms with Gasteiger partial charge in [0.25, 0.3) is 0 Å². The summed E-state index contributed by atoms with van der Waals surface area (Å²) in [6.07, 6.45) is 2.17. The second kappa shape index (κ2) is 4.45. The molecule has 0 radical (unpaired) electrons. The number of piperidine rings is 1. The summed E-state index contributed by atoms with van der Waals surface area (Å²) in [6, 6.07) is 0.0405. The number of carbonyl (C=O) groups excluding carboxylic acids is 1. The molecule has 1 fully saturated rings. The number of hydrogen-bond acceptors (Lipinski definition) is 2. The molecule has 1 aliphatic heterocycles. The summed E-state index contributed by atoms with van der Waals surface area (Å²) in [4.78, 5) is 11.3. The van der Waals surface area contributed by atoms with E-state index in [0.717, 1.165) is 25.9 Å². The zero-order valence-electron chi connectivity index (χ0n) is 7.89. The predicted octanol–water partition coefficient (Wildman–Crippen LogP) is 0.511. The van der Waals surface area contributed by atoms with Crippen molar-refractivity contribution in [3.63, 3.8) is 0 Å². The number of carbonyl (C=O) groups is 1. The minimum atomic E-state index is 0.0405. The molecule has 0 saturated carbocycles. The molecule has 0 aromatic heterocycles. The van der Waals surface area contributed by atoms with E-state index in [9.17, 15) is 4.79 Å². The molecule has 1 amide bonds. The first-order chi connectivity index (χ1) is 5.75. The van der Waals surface area contributed by atoms with Crippen LogP contribution in [0.15, 0.2) is 0 Å². The van der Waals surface area contributed by atoms with E-state index >= 15 is 0 Å². The van der Waals surface area contributed by atoms with Crippen LogP contribution in [0.1, 0.15) is 26.7 Å². The average Bonchev–Trinajstić information content (AvgIpc) is 2.04. The normalized spacial score (nSPS) is 30.0. The lowest BCUT2D eigenvalue weighted by atomic mass is 9.94. The van der Waals surface area contributed by atoms with E-state index in [4.69, 9.17) is 0 Å². The van der Waals surface area contributed by atoms with Crippen LogP contribution in [0.25, 0.3) is 0 Å². The Morgan fingerprint density at radius 2 is 2.42 bits per heavy atom. The van der Waals surface area contributed by atoms with Crippen molar-refractivity contribution >= 4 is 5.91 Å². The van der Waals surface area contributed by atoms with Gasteiger partial charge in [-0.05, 0) is 25.3 Å². The van der Waals surface area contributed by atoms with E-state index in [2.05, 4.69) is 24.5 Å². The van der Waals surface area contributed by atoms with Crippen LogP contribution in [0.5, 0.6) is 0 Å². The molecule has 70 valence electrons. The fourth-order valence-electron chi connectivity index (χ4n) is 1.55. The van der Waals surface area contributed by atoms with E-state index in [1.54, 1.807) is 0 Å². The summed E-state index contributed by atoms with van der Waals surface area (Å²) in [5.74, 6) is 0.646. The van der Waals surface area contributed by atoms with Crippen LogP contribution < -0.4 is 10.6 Å². The molecule has 3 nitrogen and oxygen atoms in total. The maximum atomic E-state index is 11.3. The highest BCUT2D eigenvalue weighted by Gasteiger charge is 2.27. The minimum absolute atomic E-state index is 0.0405. The number of nitrogens with one attached hydrogen (secondary N) is 2. The lowest BCUT2D eigenvalue weighted by Gasteiger charge is -2.28. The largest absolute Gasteiger partial charge is 0.355 e. The van der Waals surface area contributed by atoms with E-state index < -0.39 is 0 Å². The average molecular weight is 170 g/mol. The Morgan fingerprint density at radius 1 is 1.67 bits per heavy atom. The van der Waals surface area contributed by atoms with Crippen molar-refractivity contribution in [3.05, 3.63) is 0 Å². The molecule has 1 rings (SSSR count). The van der Waals surface area contributed by atoms with Crippen molar-refractivity contribution < 1.29 is 4.79 Å². The molecular weight excluding hydrogens is 152 g/mol. The fraction of sp³-hybridized carbons (Fsp3) is 0.889. The van der Waals surface area contributed by atoms with Crippen molar-refractivity contribution in [1.29, 1.82) is 0 Å². The first-order valence-corrected chi connectivity index (χ1v) is 4.76. The molecule has 3 heteroatoms. The van der Waals surface area contributed by atoms with E-state index in [-0.39, 0.29) is 11.9 Å². The number of hydrogen-bond donors (Lipinski definition) is 2. The van der Waals surface area contributed by atoms with Gasteiger partial charge < -0.3 is 10.6 Å². The highest BCUT2D eigenvalue weighted by Crippen LogP contribution is 2.11. The van der Waals surface area contributed by atoms with Crippen molar-refractivity contribution in [2.75, 3.05) is 13.1 Å². The Balaban J connectivity index is 2.40. The molecule has 2 unspecified atom stereocenters. The van der Waals surface area contributed by atoms with Gasteiger partial charge in [-0.1, -0.05) is 13.8 Å². The van der Waals surface area contributed by atoms with E-state index in [1.165, 1.54) is 0 Å². The number of rotatable bonds is 3. The zero-order chi connectivity index (χ0) is 8.97. The molecule has 2 N–H and O–H groups in total. The van der Waals surface area contributed by atoms with E-state index in [1.807, 2.05) is 0 Å². The van der Waals surface area contributed by atoms with Gasteiger partial charge in [0.2, 0.25) is 5.91 Å². The Morgan fingerprint density at radius 3 is 3.00 bits per heavy atom. The van der Waals surface area contributed by atoms with Gasteiger partial charge in [0.1, 0.15) is 0 Å². The highest BCUT2D eigenvalue weighted by molar-refractivity contribution is 5.82. The summed E-state index contributed by atoms with van der Waals surface area (Å²) in [5.41, 5.74) is 0. The maximum Gasteiger partial charge on any atom is 0.237 e. The summed E-state index contributed by atoms with van der Waals surface area (Å²) in [6.45, 7) is 6.01. The van der Waals surface area contributed by atoms with Crippen LogP contribution in [0, 0.1) is 5.92 Å². The monoisotopic (exact) mass is 170 g/mol. The Hall–Kier alpha value is -0.570. The molecule has 0 aliphatic carbocycles. The first kappa shape index (κ1) is 9.52. The van der Waals surface area contributed by atoms with Crippen molar-refractivity contribution in [1.82, 2.24) is 10.6 Å². The van der Waals surface area contributed by atoms with E-state index in [0.29, 0.717) is 5.92 Å². The Kier molecular flexibility index (Phi) is 3.53. The summed E-state index contributed by atoms with van der Waals surface area (Å²) < 4.78 is 0. The highest BCUT2D eigenvalue weighted by atomic mass is 16.2. The SMILES string of the molecule is CCCNC1C(=O)NCCC1C. The van der Waals surface area contributed by atoms with Crippen molar-refractivity contribution in [3.8, 4) is 0 Å². The third kappa shape index (κ3) is 2.21. The van der Waals surface area contributed by atoms with Gasteiger partial charge in [0.05, 0.1) is 6.04 Å². The molecule has 12 heavy (non-hydrogen) atoms. The molecule has 0 aromatic carbocycles. The summed E-state index contributed by atoms with van der Waals surface area (Å²) in [7, 11) is 0. The number of amides is 1. The van der Waals surface area contributed by atoms with Crippen LogP contribution in [0.4, 0.5) is 0 Å². The lowest BCUT2D eigenvalue weighted by Crippen LogP contribution is -2.52. The minimum Gasteiger partial charge on any atom is -0.355 e. The van der Waals surface area contributed by atoms with Crippen molar-refractivity contribution in [2.45, 2.75) is 32.7 Å². The molecular formula is C9H18N2O. The van der Waals surface area contributed by atoms with Gasteiger partial charge >= 0.3 is 0 Å². The molecule has 0 aromatic rings. The quantitative estimate of drug-likeness (QED) is 0.648. The van der Waals surface area contributed by atoms with Gasteiger partial charge in [0, 0.05) is 6.54 Å². The molecule has 1 aliphatic rings. The van der Waals surface area contributed by atoms with Crippen LogP contribution >= 0.6 is 0 Å². The van der Waals surface area contributed by atoms with Crippen LogP contribution in [-0.2, 0) is 4.79 Å². The topological polar surface area (TPSA) is 41.1 Å². The predicted molar refractivity (Wildman–Crippen MR) is 48.9 cm³/mol. The first-order valence-electron chi connectivity index (χ1n) is 4.76. The molecule has 0 spiro atoms. The summed E-state index contributed by atoms with van der Waals surface area (Å²) in [5, 5.41) is 6.13. The Bertz CT molecular complexity index is 159. The van der Waals surface area contributed by atoms with Crippen LogP contribution in [-0.4, -0.2) is 25.0 Å². The third-order valence-corrected chi connectivity index (χ3v) is 2.36. The lowest BCUT2D eigenvalue weighted by molar-refractivity contribution is -0.125. The Labute approximate surface area is 73.9 Å². The second-order valence-corrected chi connectivity index (χ2v) is 3.49. The maximum absolute atomic E-state index is 11.3. The summed E-state index contributed by atoms with van der Waals surface area (Å²) >= 11 is 0. The molecule has 1 saturated heterocycles. The van der Waals surface area contributed by atoms with Gasteiger partial charge in [-0.15, -0.1) is 0 Å². The molecule has 0 bridgehead atoms. The standard InChI is InChI=1S/C9H18N2O/c1-3-5-10-8-7(2)4-6-11-9(8)12/h7-8,10H,3-6H2,1-2H3,(H,11,12). The fourth-order valence-corrected chi connectivity index (χ4v) is 1.55. The van der Waals surface area contributed by atoms with Crippen LogP contribution in [0.2, 0.25) is 0 Å². The molecule has 2 atom stereocenters. The smallest absolute Gasteiger partial charge is 0.237 e. The van der Waals surface area contributed by atoms with Gasteiger partial charge in [-0.25, -0.2) is 0 Å². The van der Waals surface area contributed by atoms with Gasteiger partial charge in [-0.3, -0.25) is 4.79 Å². The third-order valence-electron chi connectivity index (χ3n) is 2.36. The van der Waals surface area contributed by atoms with Crippen molar-refractivity contribution in [2.24, 2.45) is 5.92 Å². The van der Waals surface area contributed by atoms with Crippen LogP contribution in [0.3, 0.4) is 0 Å². The molecule has 1 heterocycles. The van der Waals surface area contributed by atoms with Gasteiger partial charge in [-0.2, -0.15) is 0 Å².